The molecule has 27 heavy (non-hydrogen) atoms. The van der Waals surface area contributed by atoms with E-state index in [4.69, 9.17) is 14.2 Å². The van der Waals surface area contributed by atoms with E-state index < -0.39 is 5.60 Å². The van der Waals surface area contributed by atoms with Gasteiger partial charge in [0.2, 0.25) is 0 Å². The molecule has 0 aliphatic carbocycles. The van der Waals surface area contributed by atoms with Crippen LogP contribution in [0.3, 0.4) is 0 Å². The zero-order valence-corrected chi connectivity index (χ0v) is 16.7. The number of nitrogens with zero attached hydrogens (tertiary/aromatic N) is 1. The van der Waals surface area contributed by atoms with E-state index in [-0.39, 0.29) is 6.09 Å². The second-order valence-electron chi connectivity index (χ2n) is 7.41. The van der Waals surface area contributed by atoms with Crippen LogP contribution in [0.2, 0.25) is 0 Å². The van der Waals surface area contributed by atoms with Gasteiger partial charge in [-0.05, 0) is 37.8 Å². The first-order chi connectivity index (χ1) is 12.8. The Morgan fingerprint density at radius 3 is 2.52 bits per heavy atom. The first-order valence-electron chi connectivity index (χ1n) is 9.04. The highest BCUT2D eigenvalue weighted by Gasteiger charge is 2.22. The fourth-order valence-electron chi connectivity index (χ4n) is 2.58. The zero-order chi connectivity index (χ0) is 19.9. The molecule has 0 radical (unpaired) electrons. The summed E-state index contributed by atoms with van der Waals surface area (Å²) < 4.78 is 16.5. The lowest BCUT2D eigenvalue weighted by atomic mass is 10.1. The molecule has 146 valence electrons. The van der Waals surface area contributed by atoms with Crippen molar-refractivity contribution in [1.82, 2.24) is 4.90 Å². The molecule has 5 heteroatoms. The molecular weight excluding hydrogens is 342 g/mol. The van der Waals surface area contributed by atoms with Crippen LogP contribution >= 0.6 is 0 Å². The highest BCUT2D eigenvalue weighted by atomic mass is 16.6. The van der Waals surface area contributed by atoms with Crippen LogP contribution in [0.4, 0.5) is 4.79 Å². The molecule has 0 aliphatic rings. The molecule has 0 bridgehead atoms. The molecule has 0 saturated carbocycles. The van der Waals surface area contributed by atoms with E-state index in [1.54, 1.807) is 12.0 Å². The number of carbonyl (C=O) groups excluding carboxylic acids is 1. The van der Waals surface area contributed by atoms with E-state index in [1.165, 1.54) is 0 Å². The van der Waals surface area contributed by atoms with Crippen LogP contribution < -0.4 is 4.74 Å². The van der Waals surface area contributed by atoms with Crippen molar-refractivity contribution in [2.24, 2.45) is 0 Å². The van der Waals surface area contributed by atoms with E-state index >= 15 is 0 Å². The lowest BCUT2D eigenvalue weighted by Crippen LogP contribution is -2.40. The Morgan fingerprint density at radius 1 is 1.11 bits per heavy atom. The summed E-state index contributed by atoms with van der Waals surface area (Å²) in [5, 5.41) is 2.17. The molecule has 1 amide bonds. The van der Waals surface area contributed by atoms with Gasteiger partial charge in [0.25, 0.3) is 0 Å². The van der Waals surface area contributed by atoms with Gasteiger partial charge >= 0.3 is 6.09 Å². The minimum Gasteiger partial charge on any atom is -0.489 e. The zero-order valence-electron chi connectivity index (χ0n) is 16.7. The van der Waals surface area contributed by atoms with Gasteiger partial charge in [0, 0.05) is 25.6 Å². The number of hydrogen-bond acceptors (Lipinski definition) is 4. The molecule has 2 aromatic carbocycles. The van der Waals surface area contributed by atoms with Crippen molar-refractivity contribution < 1.29 is 19.0 Å². The molecule has 0 spiro atoms. The SMILES string of the molecule is C=C(COc1cccc2ccccc12)CN(CCOC)C(=O)OC(C)(C)C. The standard InChI is InChI=1S/C22H29NO4/c1-17(15-23(13-14-25-5)21(24)27-22(2,3)4)16-26-20-12-8-10-18-9-6-7-11-19(18)20/h6-12H,1,13-16H2,2-5H3. The number of carbonyl (C=O) groups is 1. The maximum absolute atomic E-state index is 12.4. The maximum atomic E-state index is 12.4. The van der Waals surface area contributed by atoms with Crippen LogP contribution in [0.15, 0.2) is 54.6 Å². The average molecular weight is 371 g/mol. The molecule has 0 aromatic heterocycles. The van der Waals surface area contributed by atoms with E-state index in [0.29, 0.717) is 26.3 Å². The quantitative estimate of drug-likeness (QED) is 0.633. The van der Waals surface area contributed by atoms with Gasteiger partial charge in [0.1, 0.15) is 18.0 Å². The lowest BCUT2D eigenvalue weighted by Gasteiger charge is -2.27. The van der Waals surface area contributed by atoms with E-state index in [2.05, 4.69) is 6.58 Å². The Labute approximate surface area is 161 Å². The van der Waals surface area contributed by atoms with Crippen molar-refractivity contribution in [3.05, 3.63) is 54.6 Å². The van der Waals surface area contributed by atoms with Gasteiger partial charge < -0.3 is 19.1 Å². The third-order valence-electron chi connectivity index (χ3n) is 3.81. The Balaban J connectivity index is 1.99. The second-order valence-corrected chi connectivity index (χ2v) is 7.41. The third-order valence-corrected chi connectivity index (χ3v) is 3.81. The Kier molecular flexibility index (Phi) is 7.25. The molecule has 0 saturated heterocycles. The summed E-state index contributed by atoms with van der Waals surface area (Å²) >= 11 is 0. The maximum Gasteiger partial charge on any atom is 0.410 e. The normalized spacial score (nSPS) is 11.3. The van der Waals surface area contributed by atoms with Crippen molar-refractivity contribution in [3.8, 4) is 5.75 Å². The molecule has 0 aliphatic heterocycles. The van der Waals surface area contributed by atoms with Crippen molar-refractivity contribution in [2.45, 2.75) is 26.4 Å². The largest absolute Gasteiger partial charge is 0.489 e. The minimum absolute atomic E-state index is 0.320. The highest BCUT2D eigenvalue weighted by molar-refractivity contribution is 5.88. The van der Waals surface area contributed by atoms with Crippen LogP contribution in [-0.4, -0.2) is 50.0 Å². The minimum atomic E-state index is -0.552. The van der Waals surface area contributed by atoms with Gasteiger partial charge in [-0.1, -0.05) is 43.0 Å². The van der Waals surface area contributed by atoms with Gasteiger partial charge in [-0.15, -0.1) is 0 Å². The molecular formula is C22H29NO4. The second kappa shape index (κ2) is 9.42. The molecule has 0 atom stereocenters. The summed E-state index contributed by atoms with van der Waals surface area (Å²) in [6.07, 6.45) is -0.383. The van der Waals surface area contributed by atoms with Crippen LogP contribution in [0.1, 0.15) is 20.8 Å². The van der Waals surface area contributed by atoms with Gasteiger partial charge in [0.15, 0.2) is 0 Å². The van der Waals surface area contributed by atoms with Gasteiger partial charge in [-0.3, -0.25) is 0 Å². The highest BCUT2D eigenvalue weighted by Crippen LogP contribution is 2.25. The van der Waals surface area contributed by atoms with Crippen molar-refractivity contribution in [1.29, 1.82) is 0 Å². The molecule has 0 fully saturated rings. The van der Waals surface area contributed by atoms with Crippen LogP contribution in [0.25, 0.3) is 10.8 Å². The number of methoxy groups -OCH3 is 1. The van der Waals surface area contributed by atoms with Crippen molar-refractivity contribution >= 4 is 16.9 Å². The predicted octanol–water partition coefficient (Wildman–Crippen LogP) is 4.66. The molecule has 0 N–H and O–H groups in total. The Morgan fingerprint density at radius 2 is 1.81 bits per heavy atom. The number of benzene rings is 2. The molecule has 5 nitrogen and oxygen atoms in total. The fraction of sp³-hybridized carbons (Fsp3) is 0.409. The summed E-state index contributed by atoms with van der Waals surface area (Å²) in [6.45, 7) is 11.1. The van der Waals surface area contributed by atoms with E-state index in [1.807, 2.05) is 63.2 Å². The topological polar surface area (TPSA) is 48.0 Å². The van der Waals surface area contributed by atoms with Crippen LogP contribution in [0.5, 0.6) is 5.75 Å². The van der Waals surface area contributed by atoms with Gasteiger partial charge in [-0.25, -0.2) is 4.79 Å². The van der Waals surface area contributed by atoms with Gasteiger partial charge in [-0.2, -0.15) is 0 Å². The first kappa shape index (κ1) is 20.8. The Hall–Kier alpha value is -2.53. The number of amides is 1. The summed E-state index contributed by atoms with van der Waals surface area (Å²) in [4.78, 5) is 14.0. The summed E-state index contributed by atoms with van der Waals surface area (Å²) in [5.74, 6) is 0.801. The van der Waals surface area contributed by atoms with Crippen molar-refractivity contribution in [3.63, 3.8) is 0 Å². The van der Waals surface area contributed by atoms with Crippen LogP contribution in [-0.2, 0) is 9.47 Å². The Bertz CT molecular complexity index is 774. The van der Waals surface area contributed by atoms with E-state index in [0.717, 1.165) is 22.1 Å². The smallest absolute Gasteiger partial charge is 0.410 e. The summed E-state index contributed by atoms with van der Waals surface area (Å²) in [7, 11) is 1.60. The predicted molar refractivity (Wildman–Crippen MR) is 108 cm³/mol. The van der Waals surface area contributed by atoms with Crippen molar-refractivity contribution in [2.75, 3.05) is 33.4 Å². The third kappa shape index (κ3) is 6.61. The molecule has 2 aromatic rings. The number of fused-ring (bicyclic) bond motifs is 1. The van der Waals surface area contributed by atoms with Gasteiger partial charge in [0.05, 0.1) is 6.61 Å². The molecule has 0 unspecified atom stereocenters. The monoisotopic (exact) mass is 371 g/mol. The molecule has 2 rings (SSSR count). The number of ether oxygens (including phenoxy) is 3. The number of hydrogen-bond donors (Lipinski definition) is 0. The molecule has 0 heterocycles. The van der Waals surface area contributed by atoms with Crippen LogP contribution in [0, 0.1) is 0 Å². The summed E-state index contributed by atoms with van der Waals surface area (Å²) in [5.41, 5.74) is 0.230. The van der Waals surface area contributed by atoms with E-state index in [9.17, 15) is 4.79 Å². The lowest BCUT2D eigenvalue weighted by molar-refractivity contribution is 0.0218. The fourth-order valence-corrected chi connectivity index (χ4v) is 2.58. The number of rotatable bonds is 8. The average Bonchev–Trinajstić information content (AvgIpc) is 2.61. The summed E-state index contributed by atoms with van der Waals surface area (Å²) in [6, 6.07) is 14.0. The first-order valence-corrected chi connectivity index (χ1v) is 9.04.